The Bertz CT molecular complexity index is 825. The lowest BCUT2D eigenvalue weighted by Gasteiger charge is -2.28. The molecule has 0 bridgehead atoms. The van der Waals surface area contributed by atoms with Crippen LogP contribution in [-0.4, -0.2) is 34.3 Å². The molecule has 132 valence electrons. The maximum Gasteiger partial charge on any atom is 0.226 e. The van der Waals surface area contributed by atoms with Crippen molar-refractivity contribution < 1.29 is 14.3 Å². The van der Waals surface area contributed by atoms with Crippen molar-refractivity contribution >= 4 is 11.7 Å². The second kappa shape index (κ2) is 6.96. The van der Waals surface area contributed by atoms with Crippen LogP contribution in [0.3, 0.4) is 0 Å². The van der Waals surface area contributed by atoms with E-state index in [0.29, 0.717) is 29.6 Å². The second-order valence-electron chi connectivity index (χ2n) is 5.91. The number of benzene rings is 1. The highest BCUT2D eigenvalue weighted by Gasteiger charge is 2.32. The largest absolute Gasteiger partial charge is 0.493 e. The van der Waals surface area contributed by atoms with Gasteiger partial charge in [-0.05, 0) is 38.0 Å². The van der Waals surface area contributed by atoms with Crippen LogP contribution in [0.25, 0.3) is 0 Å². The molecular formula is C18H22N4O3. The molecule has 1 aliphatic rings. The third kappa shape index (κ3) is 3.09. The highest BCUT2D eigenvalue weighted by molar-refractivity contribution is 5.96. The Labute approximate surface area is 146 Å². The smallest absolute Gasteiger partial charge is 0.226 e. The minimum Gasteiger partial charge on any atom is -0.493 e. The van der Waals surface area contributed by atoms with Gasteiger partial charge in [0.05, 0.1) is 13.7 Å². The number of carbonyl (C=O) groups excluding carboxylic acids is 1. The number of allylic oxidation sites excluding steroid dienone is 2. The normalized spacial score (nSPS) is 16.2. The van der Waals surface area contributed by atoms with Gasteiger partial charge in [0.15, 0.2) is 17.3 Å². The maximum atomic E-state index is 12.3. The van der Waals surface area contributed by atoms with Crippen molar-refractivity contribution in [2.45, 2.75) is 33.2 Å². The van der Waals surface area contributed by atoms with Gasteiger partial charge in [0.1, 0.15) is 12.4 Å². The molecule has 0 spiro atoms. The molecule has 0 fully saturated rings. The monoisotopic (exact) mass is 342 g/mol. The molecule has 0 radical (unpaired) electrons. The molecule has 7 heteroatoms. The summed E-state index contributed by atoms with van der Waals surface area (Å²) in [4.78, 5) is 16.5. The van der Waals surface area contributed by atoms with Gasteiger partial charge in [0.25, 0.3) is 0 Å². The standard InChI is InChI=1S/C18H22N4O3/c1-5-8-25-14-7-6-13(9-15(14)24-4)17-16(12(3)23)11(2)21-18-19-10-20-22(17)18/h6-7,9-10,17H,5,8H2,1-4H3,(H,19,20,21). The number of carbonyl (C=O) groups is 1. The van der Waals surface area contributed by atoms with E-state index in [0.717, 1.165) is 17.7 Å². The van der Waals surface area contributed by atoms with Crippen LogP contribution in [0.4, 0.5) is 5.95 Å². The lowest BCUT2D eigenvalue weighted by molar-refractivity contribution is -0.114. The van der Waals surface area contributed by atoms with Crippen LogP contribution in [0.15, 0.2) is 35.8 Å². The van der Waals surface area contributed by atoms with Crippen molar-refractivity contribution in [2.75, 3.05) is 19.0 Å². The number of anilines is 1. The van der Waals surface area contributed by atoms with Crippen LogP contribution in [0.5, 0.6) is 11.5 Å². The van der Waals surface area contributed by atoms with E-state index in [2.05, 4.69) is 22.3 Å². The lowest BCUT2D eigenvalue weighted by atomic mass is 9.93. The van der Waals surface area contributed by atoms with Crippen molar-refractivity contribution in [3.8, 4) is 11.5 Å². The van der Waals surface area contributed by atoms with E-state index in [1.807, 2.05) is 25.1 Å². The van der Waals surface area contributed by atoms with Gasteiger partial charge in [0.2, 0.25) is 5.95 Å². The summed E-state index contributed by atoms with van der Waals surface area (Å²) in [6.45, 7) is 6.10. The number of rotatable bonds is 6. The summed E-state index contributed by atoms with van der Waals surface area (Å²) in [6, 6.07) is 5.34. The molecule has 1 unspecified atom stereocenters. The van der Waals surface area contributed by atoms with Gasteiger partial charge in [-0.25, -0.2) is 4.68 Å². The number of ether oxygens (including phenoxy) is 2. The van der Waals surface area contributed by atoms with Gasteiger partial charge in [-0.15, -0.1) is 0 Å². The molecular weight excluding hydrogens is 320 g/mol. The first-order valence-electron chi connectivity index (χ1n) is 8.25. The molecule has 3 rings (SSSR count). The van der Waals surface area contributed by atoms with Crippen LogP contribution in [-0.2, 0) is 4.79 Å². The fourth-order valence-corrected chi connectivity index (χ4v) is 3.04. The number of Topliss-reactive ketones (excluding diaryl/α,β-unsaturated/α-hetero) is 1. The zero-order valence-corrected chi connectivity index (χ0v) is 14.9. The number of nitrogens with zero attached hydrogens (tertiary/aromatic N) is 3. The number of methoxy groups -OCH3 is 1. The molecule has 0 amide bonds. The van der Waals surface area contributed by atoms with E-state index in [-0.39, 0.29) is 11.8 Å². The van der Waals surface area contributed by atoms with Gasteiger partial charge in [-0.2, -0.15) is 10.1 Å². The summed E-state index contributed by atoms with van der Waals surface area (Å²) in [5.41, 5.74) is 2.32. The summed E-state index contributed by atoms with van der Waals surface area (Å²) in [5, 5.41) is 7.42. The molecule has 2 heterocycles. The van der Waals surface area contributed by atoms with Crippen LogP contribution in [0.1, 0.15) is 38.8 Å². The predicted molar refractivity (Wildman–Crippen MR) is 93.9 cm³/mol. The van der Waals surface area contributed by atoms with E-state index in [9.17, 15) is 4.79 Å². The zero-order valence-electron chi connectivity index (χ0n) is 14.9. The van der Waals surface area contributed by atoms with Crippen LogP contribution < -0.4 is 14.8 Å². The molecule has 25 heavy (non-hydrogen) atoms. The minimum absolute atomic E-state index is 0.0126. The van der Waals surface area contributed by atoms with Gasteiger partial charge in [-0.3, -0.25) is 4.79 Å². The molecule has 0 saturated carbocycles. The summed E-state index contributed by atoms with van der Waals surface area (Å²) >= 11 is 0. The average Bonchev–Trinajstić information content (AvgIpc) is 3.06. The number of ketones is 1. The van der Waals surface area contributed by atoms with Crippen LogP contribution in [0.2, 0.25) is 0 Å². The Morgan fingerprint density at radius 1 is 1.36 bits per heavy atom. The summed E-state index contributed by atoms with van der Waals surface area (Å²) in [7, 11) is 1.61. The third-order valence-electron chi connectivity index (χ3n) is 4.14. The van der Waals surface area contributed by atoms with Crippen molar-refractivity contribution in [2.24, 2.45) is 0 Å². The SMILES string of the molecule is CCCOc1ccc(C2C(C(C)=O)=C(C)Nc3ncnn32)cc1OC. The molecule has 1 N–H and O–H groups in total. The number of hydrogen-bond acceptors (Lipinski definition) is 6. The molecule has 0 saturated heterocycles. The molecule has 7 nitrogen and oxygen atoms in total. The second-order valence-corrected chi connectivity index (χ2v) is 5.91. The fourth-order valence-electron chi connectivity index (χ4n) is 3.04. The Balaban J connectivity index is 2.09. The Kier molecular flexibility index (Phi) is 4.74. The Hall–Kier alpha value is -2.83. The van der Waals surface area contributed by atoms with Crippen LogP contribution in [0, 0.1) is 0 Å². The highest BCUT2D eigenvalue weighted by atomic mass is 16.5. The van der Waals surface area contributed by atoms with E-state index >= 15 is 0 Å². The lowest BCUT2D eigenvalue weighted by Crippen LogP contribution is -2.27. The fraction of sp³-hybridized carbons (Fsp3) is 0.389. The molecule has 1 aliphatic heterocycles. The molecule has 1 atom stereocenters. The predicted octanol–water partition coefficient (Wildman–Crippen LogP) is 2.95. The van der Waals surface area contributed by atoms with E-state index < -0.39 is 0 Å². The minimum atomic E-state index is -0.356. The summed E-state index contributed by atoms with van der Waals surface area (Å²) < 4.78 is 12.9. The highest BCUT2D eigenvalue weighted by Crippen LogP contribution is 2.38. The topological polar surface area (TPSA) is 78.3 Å². The van der Waals surface area contributed by atoms with E-state index in [1.54, 1.807) is 18.7 Å². The first-order valence-corrected chi connectivity index (χ1v) is 8.25. The average molecular weight is 342 g/mol. The summed E-state index contributed by atoms with van der Waals surface area (Å²) in [5.74, 6) is 1.91. The summed E-state index contributed by atoms with van der Waals surface area (Å²) in [6.07, 6.45) is 2.39. The molecule has 1 aromatic carbocycles. The Morgan fingerprint density at radius 3 is 2.84 bits per heavy atom. The zero-order chi connectivity index (χ0) is 18.0. The van der Waals surface area contributed by atoms with Crippen molar-refractivity contribution in [1.29, 1.82) is 0 Å². The molecule has 2 aromatic rings. The Morgan fingerprint density at radius 2 is 2.16 bits per heavy atom. The maximum absolute atomic E-state index is 12.3. The number of aromatic nitrogens is 3. The van der Waals surface area contributed by atoms with Gasteiger partial charge in [-0.1, -0.05) is 13.0 Å². The van der Waals surface area contributed by atoms with Gasteiger partial charge < -0.3 is 14.8 Å². The third-order valence-corrected chi connectivity index (χ3v) is 4.14. The van der Waals surface area contributed by atoms with E-state index in [1.165, 1.54) is 6.33 Å². The number of hydrogen-bond donors (Lipinski definition) is 1. The van der Waals surface area contributed by atoms with Crippen molar-refractivity contribution in [1.82, 2.24) is 14.8 Å². The quantitative estimate of drug-likeness (QED) is 0.869. The first-order chi connectivity index (χ1) is 12.1. The first kappa shape index (κ1) is 17.0. The molecule has 0 aliphatic carbocycles. The van der Waals surface area contributed by atoms with Gasteiger partial charge >= 0.3 is 0 Å². The van der Waals surface area contributed by atoms with Crippen molar-refractivity contribution in [3.05, 3.63) is 41.4 Å². The van der Waals surface area contributed by atoms with E-state index in [4.69, 9.17) is 9.47 Å². The van der Waals surface area contributed by atoms with Crippen LogP contribution >= 0.6 is 0 Å². The van der Waals surface area contributed by atoms with Crippen molar-refractivity contribution in [3.63, 3.8) is 0 Å². The van der Waals surface area contributed by atoms with Gasteiger partial charge in [0, 0.05) is 11.3 Å². The number of fused-ring (bicyclic) bond motifs is 1. The molecule has 1 aromatic heterocycles. The number of nitrogens with one attached hydrogen (secondary N) is 1.